The van der Waals surface area contributed by atoms with Crippen LogP contribution in [0.2, 0.25) is 0 Å². The summed E-state index contributed by atoms with van der Waals surface area (Å²) in [5, 5.41) is 2.93. The zero-order chi connectivity index (χ0) is 14.5. The highest BCUT2D eigenvalue weighted by molar-refractivity contribution is 5.92. The molecule has 0 spiro atoms. The van der Waals surface area contributed by atoms with Crippen molar-refractivity contribution in [1.82, 2.24) is 19.9 Å². The summed E-state index contributed by atoms with van der Waals surface area (Å²) >= 11 is 0. The third kappa shape index (κ3) is 3.20. The van der Waals surface area contributed by atoms with Gasteiger partial charge in [-0.05, 0) is 23.3 Å². The van der Waals surface area contributed by atoms with Crippen LogP contribution >= 0.6 is 0 Å². The van der Waals surface area contributed by atoms with Gasteiger partial charge in [-0.2, -0.15) is 0 Å². The van der Waals surface area contributed by atoms with Crippen molar-refractivity contribution >= 4 is 5.91 Å². The second-order valence-electron chi connectivity index (χ2n) is 4.77. The first-order valence-corrected chi connectivity index (χ1v) is 6.77. The predicted molar refractivity (Wildman–Crippen MR) is 79.7 cm³/mol. The molecule has 0 aliphatic heterocycles. The molecule has 5 heteroatoms. The Morgan fingerprint density at radius 3 is 2.76 bits per heavy atom. The van der Waals surface area contributed by atoms with Crippen LogP contribution < -0.4 is 5.32 Å². The van der Waals surface area contributed by atoms with Crippen LogP contribution in [0.4, 0.5) is 0 Å². The minimum Gasteiger partial charge on any atom is -0.357 e. The highest BCUT2D eigenvalue weighted by Crippen LogP contribution is 2.10. The smallest absolute Gasteiger partial charge is 0.267 e. The third-order valence-electron chi connectivity index (χ3n) is 3.31. The Kier molecular flexibility index (Phi) is 3.82. The van der Waals surface area contributed by atoms with E-state index in [9.17, 15) is 4.79 Å². The molecule has 21 heavy (non-hydrogen) atoms. The predicted octanol–water partition coefficient (Wildman–Crippen LogP) is 2.19. The minimum absolute atomic E-state index is 0.0996. The number of nitrogens with zero attached hydrogens (tertiary/aromatic N) is 2. The molecule has 106 valence electrons. The van der Waals surface area contributed by atoms with E-state index < -0.39 is 0 Å². The van der Waals surface area contributed by atoms with E-state index in [0.717, 1.165) is 12.1 Å². The van der Waals surface area contributed by atoms with Gasteiger partial charge in [0.1, 0.15) is 5.69 Å². The van der Waals surface area contributed by atoms with E-state index in [1.165, 1.54) is 5.56 Å². The fourth-order valence-electron chi connectivity index (χ4n) is 2.20. The number of nitrogens with one attached hydrogen (secondary N) is 2. The summed E-state index contributed by atoms with van der Waals surface area (Å²) in [7, 11) is 0. The summed E-state index contributed by atoms with van der Waals surface area (Å²) in [5.41, 5.74) is 2.84. The van der Waals surface area contributed by atoms with Gasteiger partial charge < -0.3 is 14.9 Å². The molecule has 0 radical (unpaired) electrons. The van der Waals surface area contributed by atoms with Crippen molar-refractivity contribution in [3.63, 3.8) is 0 Å². The number of imidazole rings is 1. The van der Waals surface area contributed by atoms with Gasteiger partial charge in [0.2, 0.25) is 0 Å². The summed E-state index contributed by atoms with van der Waals surface area (Å²) in [6.07, 6.45) is 7.21. The Bertz CT molecular complexity index is 702. The van der Waals surface area contributed by atoms with E-state index >= 15 is 0 Å². The maximum Gasteiger partial charge on any atom is 0.267 e. The molecule has 0 fully saturated rings. The van der Waals surface area contributed by atoms with E-state index in [2.05, 4.69) is 21.4 Å². The number of aromatic amines is 1. The number of hydrogen-bond acceptors (Lipinski definition) is 2. The topological polar surface area (TPSA) is 62.7 Å². The zero-order valence-electron chi connectivity index (χ0n) is 11.5. The maximum atomic E-state index is 11.9. The molecule has 1 amide bonds. The SMILES string of the molecule is O=C(NCc1ccccc1Cn1ccnc1)c1ccc[nH]1. The minimum atomic E-state index is -0.0996. The normalized spacial score (nSPS) is 10.5. The number of amides is 1. The van der Waals surface area contributed by atoms with Gasteiger partial charge in [0.05, 0.1) is 6.33 Å². The second-order valence-corrected chi connectivity index (χ2v) is 4.77. The van der Waals surface area contributed by atoms with Crippen LogP contribution in [0.3, 0.4) is 0 Å². The van der Waals surface area contributed by atoms with Crippen molar-refractivity contribution < 1.29 is 4.79 Å². The first-order valence-electron chi connectivity index (χ1n) is 6.77. The summed E-state index contributed by atoms with van der Waals surface area (Å²) < 4.78 is 2.01. The summed E-state index contributed by atoms with van der Waals surface area (Å²) in [6, 6.07) is 11.6. The summed E-state index contributed by atoms with van der Waals surface area (Å²) in [4.78, 5) is 18.9. The van der Waals surface area contributed by atoms with Gasteiger partial charge in [-0.25, -0.2) is 4.98 Å². The van der Waals surface area contributed by atoms with E-state index in [0.29, 0.717) is 12.2 Å². The highest BCUT2D eigenvalue weighted by Gasteiger charge is 2.07. The molecular weight excluding hydrogens is 264 g/mol. The molecule has 2 aromatic heterocycles. The Morgan fingerprint density at radius 2 is 2.05 bits per heavy atom. The quantitative estimate of drug-likeness (QED) is 0.752. The molecule has 2 heterocycles. The van der Waals surface area contributed by atoms with Gasteiger partial charge >= 0.3 is 0 Å². The van der Waals surface area contributed by atoms with E-state index in [-0.39, 0.29) is 5.91 Å². The van der Waals surface area contributed by atoms with Crippen molar-refractivity contribution in [3.8, 4) is 0 Å². The fourth-order valence-corrected chi connectivity index (χ4v) is 2.20. The molecule has 3 aromatic rings. The van der Waals surface area contributed by atoms with Crippen LogP contribution in [0.1, 0.15) is 21.6 Å². The lowest BCUT2D eigenvalue weighted by Gasteiger charge is -2.11. The van der Waals surface area contributed by atoms with Crippen LogP contribution in [0.25, 0.3) is 0 Å². The average molecular weight is 280 g/mol. The van der Waals surface area contributed by atoms with Crippen LogP contribution in [-0.2, 0) is 13.1 Å². The molecular formula is C16H16N4O. The molecule has 0 saturated carbocycles. The monoisotopic (exact) mass is 280 g/mol. The van der Waals surface area contributed by atoms with Gasteiger partial charge in [0.15, 0.2) is 0 Å². The largest absolute Gasteiger partial charge is 0.357 e. The lowest BCUT2D eigenvalue weighted by atomic mass is 10.1. The van der Waals surface area contributed by atoms with Gasteiger partial charge in [-0.1, -0.05) is 24.3 Å². The molecule has 0 aliphatic carbocycles. The molecule has 0 bridgehead atoms. The maximum absolute atomic E-state index is 11.9. The number of H-pyrrole nitrogens is 1. The number of benzene rings is 1. The molecule has 2 N–H and O–H groups in total. The van der Waals surface area contributed by atoms with Crippen LogP contribution in [0.15, 0.2) is 61.3 Å². The molecule has 0 atom stereocenters. The Hall–Kier alpha value is -2.82. The first-order chi connectivity index (χ1) is 10.3. The van der Waals surface area contributed by atoms with Gasteiger partial charge in [0.25, 0.3) is 5.91 Å². The van der Waals surface area contributed by atoms with Crippen molar-refractivity contribution in [2.45, 2.75) is 13.1 Å². The number of carbonyl (C=O) groups excluding carboxylic acids is 1. The zero-order valence-corrected chi connectivity index (χ0v) is 11.5. The Balaban J connectivity index is 1.69. The molecule has 5 nitrogen and oxygen atoms in total. The third-order valence-corrected chi connectivity index (χ3v) is 3.31. The van der Waals surface area contributed by atoms with Crippen LogP contribution in [0, 0.1) is 0 Å². The van der Waals surface area contributed by atoms with Gasteiger partial charge in [-0.3, -0.25) is 4.79 Å². The van der Waals surface area contributed by atoms with Gasteiger partial charge in [-0.15, -0.1) is 0 Å². The standard InChI is InChI=1S/C16H16N4O/c21-16(15-6-3-7-18-15)19-10-13-4-1-2-5-14(13)11-20-9-8-17-12-20/h1-9,12,18H,10-11H2,(H,19,21). The highest BCUT2D eigenvalue weighted by atomic mass is 16.1. The van der Waals surface area contributed by atoms with Crippen molar-refractivity contribution in [2.24, 2.45) is 0 Å². The number of carbonyl (C=O) groups is 1. The number of hydrogen-bond donors (Lipinski definition) is 2. The molecule has 3 rings (SSSR count). The fraction of sp³-hybridized carbons (Fsp3) is 0.125. The van der Waals surface area contributed by atoms with Gasteiger partial charge in [0, 0.05) is 31.7 Å². The van der Waals surface area contributed by atoms with Crippen molar-refractivity contribution in [1.29, 1.82) is 0 Å². The number of rotatable bonds is 5. The van der Waals surface area contributed by atoms with E-state index in [1.54, 1.807) is 24.8 Å². The van der Waals surface area contributed by atoms with Crippen molar-refractivity contribution in [2.75, 3.05) is 0 Å². The molecule has 0 saturated heterocycles. The van der Waals surface area contributed by atoms with E-state index in [4.69, 9.17) is 0 Å². The molecule has 1 aromatic carbocycles. The second kappa shape index (κ2) is 6.09. The number of aromatic nitrogens is 3. The summed E-state index contributed by atoms with van der Waals surface area (Å²) in [5.74, 6) is -0.0996. The van der Waals surface area contributed by atoms with Crippen molar-refractivity contribution in [3.05, 3.63) is 78.1 Å². The first kappa shape index (κ1) is 13.2. The Labute approximate surface area is 122 Å². The summed E-state index contributed by atoms with van der Waals surface area (Å²) in [6.45, 7) is 1.25. The molecule has 0 aliphatic rings. The lowest BCUT2D eigenvalue weighted by Crippen LogP contribution is -2.23. The Morgan fingerprint density at radius 1 is 1.19 bits per heavy atom. The van der Waals surface area contributed by atoms with E-state index in [1.807, 2.05) is 35.0 Å². The van der Waals surface area contributed by atoms with Crippen LogP contribution in [-0.4, -0.2) is 20.4 Å². The average Bonchev–Trinajstić information content (AvgIpc) is 3.19. The van der Waals surface area contributed by atoms with Crippen LogP contribution in [0.5, 0.6) is 0 Å². The lowest BCUT2D eigenvalue weighted by molar-refractivity contribution is 0.0946. The molecule has 0 unspecified atom stereocenters.